The van der Waals surface area contributed by atoms with Crippen LogP contribution in [0, 0.1) is 12.3 Å². The van der Waals surface area contributed by atoms with Crippen LogP contribution in [0.25, 0.3) is 0 Å². The van der Waals surface area contributed by atoms with Crippen molar-refractivity contribution in [3.8, 4) is 12.3 Å². The molecule has 1 rings (SSSR count). The van der Waals surface area contributed by atoms with Crippen molar-refractivity contribution in [2.45, 2.75) is 44.7 Å². The van der Waals surface area contributed by atoms with Gasteiger partial charge in [-0.1, -0.05) is 5.92 Å². The molecule has 1 saturated heterocycles. The highest BCUT2D eigenvalue weighted by Gasteiger charge is 2.36. The third-order valence-corrected chi connectivity index (χ3v) is 2.00. The largest absolute Gasteiger partial charge is 0.378 e. The highest BCUT2D eigenvalue weighted by Crippen LogP contribution is 2.27. The Morgan fingerprint density at radius 1 is 1.69 bits per heavy atom. The first-order valence-electron chi connectivity index (χ1n) is 4.36. The minimum atomic E-state index is -1.10. The number of terminal acetylenes is 1. The minimum absolute atomic E-state index is 0.110. The van der Waals surface area contributed by atoms with Gasteiger partial charge in [-0.2, -0.15) is 0 Å². The summed E-state index contributed by atoms with van der Waals surface area (Å²) in [5.74, 6) is 1.77. The Morgan fingerprint density at radius 3 is 2.69 bits per heavy atom. The summed E-state index contributed by atoms with van der Waals surface area (Å²) in [5, 5.41) is 9.58. The summed E-state index contributed by atoms with van der Waals surface area (Å²) in [4.78, 5) is 0. The molecule has 1 fully saturated rings. The van der Waals surface area contributed by atoms with Crippen molar-refractivity contribution in [2.24, 2.45) is 0 Å². The number of hydrogen-bond acceptors (Lipinski definition) is 3. The molecule has 0 aliphatic carbocycles. The minimum Gasteiger partial charge on any atom is -0.378 e. The molecule has 74 valence electrons. The van der Waals surface area contributed by atoms with Crippen molar-refractivity contribution in [1.82, 2.24) is 0 Å². The first-order chi connectivity index (χ1) is 5.85. The van der Waals surface area contributed by atoms with Crippen LogP contribution in [0.4, 0.5) is 0 Å². The molecule has 0 spiro atoms. The van der Waals surface area contributed by atoms with Crippen LogP contribution < -0.4 is 0 Å². The monoisotopic (exact) mass is 184 g/mol. The smallest absolute Gasteiger partial charge is 0.163 e. The number of ether oxygens (including phenoxy) is 2. The second kappa shape index (κ2) is 3.30. The zero-order chi connectivity index (χ0) is 10.1. The molecule has 3 heteroatoms. The van der Waals surface area contributed by atoms with E-state index in [-0.39, 0.29) is 6.10 Å². The average Bonchev–Trinajstić information content (AvgIpc) is 2.29. The Hall–Kier alpha value is -0.560. The van der Waals surface area contributed by atoms with Crippen LogP contribution in [0.1, 0.15) is 27.2 Å². The topological polar surface area (TPSA) is 38.7 Å². The van der Waals surface area contributed by atoms with E-state index < -0.39 is 11.4 Å². The van der Waals surface area contributed by atoms with E-state index in [4.69, 9.17) is 15.9 Å². The molecule has 0 radical (unpaired) electrons. The number of aliphatic hydroxyl groups is 1. The lowest BCUT2D eigenvalue weighted by atomic mass is 10.0. The molecule has 0 aromatic rings. The van der Waals surface area contributed by atoms with Gasteiger partial charge < -0.3 is 14.6 Å². The van der Waals surface area contributed by atoms with Crippen LogP contribution in [-0.4, -0.2) is 29.2 Å². The summed E-state index contributed by atoms with van der Waals surface area (Å²) in [7, 11) is 0. The quantitative estimate of drug-likeness (QED) is 0.648. The Bertz CT molecular complexity index is 225. The van der Waals surface area contributed by atoms with E-state index in [0.29, 0.717) is 13.0 Å². The molecule has 2 atom stereocenters. The van der Waals surface area contributed by atoms with E-state index in [1.807, 2.05) is 13.8 Å². The lowest BCUT2D eigenvalue weighted by Gasteiger charge is -2.21. The molecule has 1 aliphatic rings. The standard InChI is InChI=1S/C10H16O3/c1-5-10(4,11)6-8-7-12-9(2,3)13-8/h1,8,11H,6-7H2,2-4H3/t8-,10-/m0/s1. The normalized spacial score (nSPS) is 30.8. The summed E-state index contributed by atoms with van der Waals surface area (Å²) in [6.45, 7) is 5.78. The maximum Gasteiger partial charge on any atom is 0.163 e. The zero-order valence-electron chi connectivity index (χ0n) is 8.33. The fourth-order valence-electron chi connectivity index (χ4n) is 1.37. The molecule has 0 bridgehead atoms. The van der Waals surface area contributed by atoms with Gasteiger partial charge in [-0.15, -0.1) is 6.42 Å². The Labute approximate surface area is 79.0 Å². The highest BCUT2D eigenvalue weighted by molar-refractivity contribution is 5.05. The van der Waals surface area contributed by atoms with Crippen molar-refractivity contribution >= 4 is 0 Å². The third-order valence-electron chi connectivity index (χ3n) is 2.00. The van der Waals surface area contributed by atoms with Gasteiger partial charge in [0.15, 0.2) is 5.79 Å². The van der Waals surface area contributed by atoms with Gasteiger partial charge in [-0.25, -0.2) is 0 Å². The van der Waals surface area contributed by atoms with Gasteiger partial charge in [0.05, 0.1) is 12.7 Å². The van der Waals surface area contributed by atoms with E-state index >= 15 is 0 Å². The molecule has 0 aromatic carbocycles. The van der Waals surface area contributed by atoms with Crippen molar-refractivity contribution in [3.63, 3.8) is 0 Å². The maximum atomic E-state index is 9.58. The molecule has 3 nitrogen and oxygen atoms in total. The number of hydrogen-bond donors (Lipinski definition) is 1. The van der Waals surface area contributed by atoms with Crippen molar-refractivity contribution in [3.05, 3.63) is 0 Å². The van der Waals surface area contributed by atoms with Gasteiger partial charge in [0, 0.05) is 6.42 Å². The molecule has 1 N–H and O–H groups in total. The van der Waals surface area contributed by atoms with Gasteiger partial charge in [0.1, 0.15) is 5.60 Å². The fourth-order valence-corrected chi connectivity index (χ4v) is 1.37. The first kappa shape index (κ1) is 10.5. The van der Waals surface area contributed by atoms with Gasteiger partial charge in [-0.05, 0) is 20.8 Å². The molecule has 1 aliphatic heterocycles. The Morgan fingerprint density at radius 2 is 2.31 bits per heavy atom. The van der Waals surface area contributed by atoms with Crippen LogP contribution >= 0.6 is 0 Å². The second-order valence-electron chi connectivity index (χ2n) is 4.07. The lowest BCUT2D eigenvalue weighted by Crippen LogP contribution is -2.30. The summed E-state index contributed by atoms with van der Waals surface area (Å²) in [6.07, 6.45) is 5.46. The molecule has 0 saturated carbocycles. The van der Waals surface area contributed by atoms with Gasteiger partial charge in [0.2, 0.25) is 0 Å². The van der Waals surface area contributed by atoms with Gasteiger partial charge in [0.25, 0.3) is 0 Å². The lowest BCUT2D eigenvalue weighted by molar-refractivity contribution is -0.142. The SMILES string of the molecule is C#C[C@](C)(O)C[C@H]1COC(C)(C)O1. The highest BCUT2D eigenvalue weighted by atomic mass is 16.7. The number of rotatable bonds is 2. The van der Waals surface area contributed by atoms with E-state index in [2.05, 4.69) is 5.92 Å². The molecule has 0 amide bonds. The van der Waals surface area contributed by atoms with Crippen molar-refractivity contribution < 1.29 is 14.6 Å². The van der Waals surface area contributed by atoms with Crippen LogP contribution in [0.3, 0.4) is 0 Å². The predicted molar refractivity (Wildman–Crippen MR) is 49.0 cm³/mol. The summed E-state index contributed by atoms with van der Waals surface area (Å²) >= 11 is 0. The van der Waals surface area contributed by atoms with Crippen molar-refractivity contribution in [1.29, 1.82) is 0 Å². The molecule has 13 heavy (non-hydrogen) atoms. The van der Waals surface area contributed by atoms with Crippen LogP contribution in [0.5, 0.6) is 0 Å². The molecular formula is C10H16O3. The van der Waals surface area contributed by atoms with E-state index in [1.165, 1.54) is 0 Å². The summed E-state index contributed by atoms with van der Waals surface area (Å²) in [5.41, 5.74) is -1.10. The van der Waals surface area contributed by atoms with E-state index in [1.54, 1.807) is 6.92 Å². The van der Waals surface area contributed by atoms with Crippen LogP contribution in [0.15, 0.2) is 0 Å². The molecular weight excluding hydrogens is 168 g/mol. The summed E-state index contributed by atoms with van der Waals surface area (Å²) in [6, 6.07) is 0. The van der Waals surface area contributed by atoms with Crippen LogP contribution in [-0.2, 0) is 9.47 Å². The average molecular weight is 184 g/mol. The summed E-state index contributed by atoms with van der Waals surface area (Å²) < 4.78 is 10.9. The van der Waals surface area contributed by atoms with Crippen LogP contribution in [0.2, 0.25) is 0 Å². The van der Waals surface area contributed by atoms with Crippen molar-refractivity contribution in [2.75, 3.05) is 6.61 Å². The van der Waals surface area contributed by atoms with Gasteiger partial charge >= 0.3 is 0 Å². The third kappa shape index (κ3) is 3.00. The van der Waals surface area contributed by atoms with Gasteiger partial charge in [-0.3, -0.25) is 0 Å². The maximum absolute atomic E-state index is 9.58. The molecule has 1 heterocycles. The first-order valence-corrected chi connectivity index (χ1v) is 4.36. The second-order valence-corrected chi connectivity index (χ2v) is 4.07. The Kier molecular flexibility index (Phi) is 2.67. The molecule has 0 aromatic heterocycles. The zero-order valence-corrected chi connectivity index (χ0v) is 8.33. The predicted octanol–water partition coefficient (Wildman–Crippen LogP) is 0.912. The van der Waals surface area contributed by atoms with E-state index in [9.17, 15) is 5.11 Å². The van der Waals surface area contributed by atoms with E-state index in [0.717, 1.165) is 0 Å². The fraction of sp³-hybridized carbons (Fsp3) is 0.800. The Balaban J connectivity index is 2.46. The molecule has 0 unspecified atom stereocenters.